The molecule has 0 atom stereocenters. The smallest absolute Gasteiger partial charge is 0.416 e. The van der Waals surface area contributed by atoms with Gasteiger partial charge in [0.15, 0.2) is 0 Å². The maximum absolute atomic E-state index is 12.2. The van der Waals surface area contributed by atoms with Crippen molar-refractivity contribution in [2.45, 2.75) is 19.7 Å². The Morgan fingerprint density at radius 2 is 1.80 bits per heavy atom. The van der Waals surface area contributed by atoms with Crippen molar-refractivity contribution in [3.63, 3.8) is 0 Å². The maximum atomic E-state index is 12.2. The van der Waals surface area contributed by atoms with Crippen LogP contribution >= 0.6 is 0 Å². The molecule has 0 aromatic heterocycles. The second-order valence-electron chi connectivity index (χ2n) is 2.86. The minimum atomic E-state index is -4.56. The van der Waals surface area contributed by atoms with Crippen LogP contribution in [0, 0.1) is 6.92 Å². The average Bonchev–Trinajstić information content (AvgIpc) is 2.06. The monoisotopic (exact) mass is 226 g/mol. The van der Waals surface area contributed by atoms with Crippen LogP contribution in [0.15, 0.2) is 18.2 Å². The highest BCUT2D eigenvalue weighted by atomic mass is 19.4. The van der Waals surface area contributed by atoms with E-state index in [4.69, 9.17) is 0 Å². The van der Waals surface area contributed by atoms with Gasteiger partial charge in [-0.1, -0.05) is 6.07 Å². The van der Waals surface area contributed by atoms with Gasteiger partial charge < -0.3 is 4.74 Å². The summed E-state index contributed by atoms with van der Waals surface area (Å²) >= 11 is 0. The first-order valence-electron chi connectivity index (χ1n) is 3.93. The summed E-state index contributed by atoms with van der Waals surface area (Å²) in [6, 6.07) is 2.45. The number of alkyl halides is 5. The second kappa shape index (κ2) is 4.04. The van der Waals surface area contributed by atoms with Gasteiger partial charge in [0.2, 0.25) is 0 Å². The van der Waals surface area contributed by atoms with Crippen molar-refractivity contribution >= 4 is 0 Å². The molecule has 6 heteroatoms. The molecule has 0 unspecified atom stereocenters. The zero-order chi connectivity index (χ0) is 11.6. The fourth-order valence-corrected chi connectivity index (χ4v) is 0.999. The van der Waals surface area contributed by atoms with Crippen LogP contribution in [0.3, 0.4) is 0 Å². The normalized spacial score (nSPS) is 11.9. The molecule has 0 bridgehead atoms. The number of benzene rings is 1. The van der Waals surface area contributed by atoms with E-state index in [2.05, 4.69) is 4.74 Å². The first-order valence-corrected chi connectivity index (χ1v) is 3.93. The number of hydrogen-bond acceptors (Lipinski definition) is 1. The Morgan fingerprint density at radius 3 is 2.27 bits per heavy atom. The number of aryl methyl sites for hydroxylation is 1. The molecule has 0 radical (unpaired) electrons. The second-order valence-corrected chi connectivity index (χ2v) is 2.86. The highest BCUT2D eigenvalue weighted by Crippen LogP contribution is 2.33. The van der Waals surface area contributed by atoms with E-state index < -0.39 is 24.1 Å². The summed E-state index contributed by atoms with van der Waals surface area (Å²) in [6.45, 7) is -1.75. The number of ether oxygens (including phenoxy) is 1. The lowest BCUT2D eigenvalue weighted by Gasteiger charge is -2.11. The van der Waals surface area contributed by atoms with Gasteiger partial charge in [-0.05, 0) is 24.6 Å². The van der Waals surface area contributed by atoms with E-state index in [1.54, 1.807) is 0 Å². The third kappa shape index (κ3) is 3.07. The van der Waals surface area contributed by atoms with Crippen molar-refractivity contribution in [2.75, 3.05) is 0 Å². The number of rotatable bonds is 2. The zero-order valence-electron chi connectivity index (χ0n) is 7.61. The molecule has 15 heavy (non-hydrogen) atoms. The topological polar surface area (TPSA) is 9.23 Å². The largest absolute Gasteiger partial charge is 0.435 e. The van der Waals surface area contributed by atoms with Gasteiger partial charge in [-0.3, -0.25) is 0 Å². The van der Waals surface area contributed by atoms with Crippen LogP contribution in [0.5, 0.6) is 5.75 Å². The summed E-state index contributed by atoms with van der Waals surface area (Å²) in [5.41, 5.74) is -0.785. The Kier molecular flexibility index (Phi) is 3.16. The molecule has 0 spiro atoms. The third-order valence-corrected chi connectivity index (χ3v) is 1.73. The van der Waals surface area contributed by atoms with Gasteiger partial charge in [-0.25, -0.2) is 0 Å². The van der Waals surface area contributed by atoms with E-state index in [0.717, 1.165) is 12.1 Å². The molecule has 1 aromatic carbocycles. The molecule has 0 aliphatic rings. The number of halogens is 5. The van der Waals surface area contributed by atoms with Gasteiger partial charge in [0, 0.05) is 0 Å². The van der Waals surface area contributed by atoms with Crippen LogP contribution in [0.1, 0.15) is 11.1 Å². The predicted octanol–water partition coefficient (Wildman–Crippen LogP) is 3.62. The Morgan fingerprint density at radius 1 is 1.20 bits per heavy atom. The molecule has 84 valence electrons. The lowest BCUT2D eigenvalue weighted by Crippen LogP contribution is -2.08. The van der Waals surface area contributed by atoms with Crippen LogP contribution < -0.4 is 4.74 Å². The quantitative estimate of drug-likeness (QED) is 0.700. The van der Waals surface area contributed by atoms with Gasteiger partial charge in [0.1, 0.15) is 5.75 Å². The van der Waals surface area contributed by atoms with Crippen molar-refractivity contribution in [2.24, 2.45) is 0 Å². The Bertz CT molecular complexity index is 345. The highest BCUT2D eigenvalue weighted by molar-refractivity contribution is 5.37. The van der Waals surface area contributed by atoms with E-state index in [1.165, 1.54) is 6.92 Å². The Labute approximate surface area is 82.5 Å². The summed E-state index contributed by atoms with van der Waals surface area (Å²) in [7, 11) is 0. The zero-order valence-corrected chi connectivity index (χ0v) is 7.61. The Balaban J connectivity index is 3.06. The van der Waals surface area contributed by atoms with E-state index in [1.807, 2.05) is 0 Å². The molecule has 0 saturated heterocycles. The first-order chi connectivity index (χ1) is 6.80. The average molecular weight is 226 g/mol. The molecule has 0 amide bonds. The van der Waals surface area contributed by atoms with E-state index in [0.29, 0.717) is 6.07 Å². The summed E-state index contributed by atoms with van der Waals surface area (Å²) in [5.74, 6) is -0.458. The minimum absolute atomic E-state index is 0.225. The van der Waals surface area contributed by atoms with Crippen LogP contribution in [0.25, 0.3) is 0 Å². The Hall–Kier alpha value is -1.33. The molecular weight excluding hydrogens is 219 g/mol. The molecule has 0 heterocycles. The summed E-state index contributed by atoms with van der Waals surface area (Å²) < 4.78 is 64.2. The lowest BCUT2D eigenvalue weighted by atomic mass is 10.1. The highest BCUT2D eigenvalue weighted by Gasteiger charge is 2.31. The van der Waals surface area contributed by atoms with E-state index in [9.17, 15) is 22.0 Å². The van der Waals surface area contributed by atoms with Crippen molar-refractivity contribution in [1.82, 2.24) is 0 Å². The SMILES string of the molecule is Cc1ccc(C(F)(F)F)cc1OC(F)F. The molecule has 1 aromatic rings. The summed E-state index contributed by atoms with van der Waals surface area (Å²) in [6.07, 6.45) is -4.56. The molecule has 0 fully saturated rings. The molecular formula is C9H7F5O. The van der Waals surface area contributed by atoms with Crippen LogP contribution in [0.4, 0.5) is 22.0 Å². The van der Waals surface area contributed by atoms with Gasteiger partial charge in [-0.15, -0.1) is 0 Å². The van der Waals surface area contributed by atoms with E-state index in [-0.39, 0.29) is 5.56 Å². The standard InChI is InChI=1S/C9H7F5O/c1-5-2-3-6(9(12,13)14)4-7(5)15-8(10)11/h2-4,8H,1H3. The van der Waals surface area contributed by atoms with Crippen molar-refractivity contribution in [1.29, 1.82) is 0 Å². The van der Waals surface area contributed by atoms with Crippen molar-refractivity contribution in [3.8, 4) is 5.75 Å². The van der Waals surface area contributed by atoms with E-state index >= 15 is 0 Å². The minimum Gasteiger partial charge on any atom is -0.435 e. The molecule has 1 rings (SSSR count). The predicted molar refractivity (Wildman–Crippen MR) is 42.8 cm³/mol. The van der Waals surface area contributed by atoms with Gasteiger partial charge in [-0.2, -0.15) is 22.0 Å². The van der Waals surface area contributed by atoms with Crippen molar-refractivity contribution in [3.05, 3.63) is 29.3 Å². The van der Waals surface area contributed by atoms with Gasteiger partial charge in [0.25, 0.3) is 0 Å². The molecule has 0 N–H and O–H groups in total. The molecule has 0 saturated carbocycles. The molecule has 0 aliphatic heterocycles. The van der Waals surface area contributed by atoms with Crippen molar-refractivity contribution < 1.29 is 26.7 Å². The summed E-state index contributed by atoms with van der Waals surface area (Å²) in [4.78, 5) is 0. The van der Waals surface area contributed by atoms with Gasteiger partial charge in [0.05, 0.1) is 5.56 Å². The van der Waals surface area contributed by atoms with Crippen LogP contribution in [0.2, 0.25) is 0 Å². The number of hydrogen-bond donors (Lipinski definition) is 0. The molecule has 1 nitrogen and oxygen atoms in total. The van der Waals surface area contributed by atoms with Gasteiger partial charge >= 0.3 is 12.8 Å². The first kappa shape index (κ1) is 11.7. The fourth-order valence-electron chi connectivity index (χ4n) is 0.999. The summed E-state index contributed by atoms with van der Waals surface area (Å²) in [5, 5.41) is 0. The third-order valence-electron chi connectivity index (χ3n) is 1.73. The fraction of sp³-hybridized carbons (Fsp3) is 0.333. The van der Waals surface area contributed by atoms with Crippen LogP contribution in [-0.2, 0) is 6.18 Å². The lowest BCUT2D eigenvalue weighted by molar-refractivity contribution is -0.138. The maximum Gasteiger partial charge on any atom is 0.416 e. The van der Waals surface area contributed by atoms with Crippen LogP contribution in [-0.4, -0.2) is 6.61 Å². The molecule has 0 aliphatic carbocycles.